The van der Waals surface area contributed by atoms with Crippen molar-refractivity contribution in [1.82, 2.24) is 4.98 Å². The van der Waals surface area contributed by atoms with Gasteiger partial charge in [0.15, 0.2) is 0 Å². The Bertz CT molecular complexity index is 395. The minimum atomic E-state index is -4.38. The number of rotatable bonds is 5. The van der Waals surface area contributed by atoms with Crippen LogP contribution in [0.1, 0.15) is 32.3 Å². The van der Waals surface area contributed by atoms with Crippen molar-refractivity contribution in [2.45, 2.75) is 38.4 Å². The van der Waals surface area contributed by atoms with Crippen LogP contribution in [0.3, 0.4) is 0 Å². The van der Waals surface area contributed by atoms with Gasteiger partial charge in [0.2, 0.25) is 0 Å². The molecule has 3 nitrogen and oxygen atoms in total. The first-order valence-corrected chi connectivity index (χ1v) is 5.73. The number of alkyl halides is 3. The van der Waals surface area contributed by atoms with E-state index in [2.05, 4.69) is 10.3 Å². The summed E-state index contributed by atoms with van der Waals surface area (Å²) in [6.45, 7) is 3.71. The standard InChI is InChI=1S/C12H17F3N2O/c1-3-11(2,5-7-18)17-10-8-9(4-6-16-10)12(13,14)15/h4,6,8,18H,3,5,7H2,1-2H3,(H,16,17). The van der Waals surface area contributed by atoms with Crippen LogP contribution < -0.4 is 5.32 Å². The van der Waals surface area contributed by atoms with Crippen molar-refractivity contribution in [2.75, 3.05) is 11.9 Å². The van der Waals surface area contributed by atoms with Crippen molar-refractivity contribution in [3.8, 4) is 0 Å². The normalized spacial score (nSPS) is 15.2. The van der Waals surface area contributed by atoms with Gasteiger partial charge in [-0.25, -0.2) is 4.98 Å². The second kappa shape index (κ2) is 5.56. The van der Waals surface area contributed by atoms with E-state index in [9.17, 15) is 13.2 Å². The Balaban J connectivity index is 2.91. The number of hydrogen-bond acceptors (Lipinski definition) is 3. The van der Waals surface area contributed by atoms with Crippen LogP contribution in [0.15, 0.2) is 18.3 Å². The molecule has 0 saturated carbocycles. The van der Waals surface area contributed by atoms with Gasteiger partial charge < -0.3 is 10.4 Å². The summed E-state index contributed by atoms with van der Waals surface area (Å²) in [5.41, 5.74) is -1.20. The molecule has 1 unspecified atom stereocenters. The van der Waals surface area contributed by atoms with E-state index in [1.807, 2.05) is 13.8 Å². The Morgan fingerprint density at radius 3 is 2.56 bits per heavy atom. The van der Waals surface area contributed by atoms with Crippen molar-refractivity contribution in [1.29, 1.82) is 0 Å². The third-order valence-corrected chi connectivity index (χ3v) is 2.96. The molecule has 0 amide bonds. The first kappa shape index (κ1) is 14.8. The van der Waals surface area contributed by atoms with E-state index in [-0.39, 0.29) is 12.4 Å². The highest BCUT2D eigenvalue weighted by molar-refractivity contribution is 5.41. The minimum absolute atomic E-state index is 0.0314. The van der Waals surface area contributed by atoms with Crippen molar-refractivity contribution in [3.05, 3.63) is 23.9 Å². The maximum atomic E-state index is 12.5. The number of halogens is 3. The van der Waals surface area contributed by atoms with Crippen LogP contribution in [0.2, 0.25) is 0 Å². The summed E-state index contributed by atoms with van der Waals surface area (Å²) < 4.78 is 37.6. The van der Waals surface area contributed by atoms with Gasteiger partial charge in [-0.3, -0.25) is 0 Å². The molecule has 1 aromatic heterocycles. The molecule has 0 spiro atoms. The van der Waals surface area contributed by atoms with Gasteiger partial charge in [-0.2, -0.15) is 13.2 Å². The third kappa shape index (κ3) is 3.87. The monoisotopic (exact) mass is 262 g/mol. The van der Waals surface area contributed by atoms with E-state index in [4.69, 9.17) is 5.11 Å². The van der Waals surface area contributed by atoms with Crippen molar-refractivity contribution < 1.29 is 18.3 Å². The van der Waals surface area contributed by atoms with Crippen LogP contribution in [-0.4, -0.2) is 22.2 Å². The second-order valence-electron chi connectivity index (χ2n) is 4.44. The molecular formula is C12H17F3N2O. The second-order valence-corrected chi connectivity index (χ2v) is 4.44. The van der Waals surface area contributed by atoms with Crippen LogP contribution in [0.4, 0.5) is 19.0 Å². The van der Waals surface area contributed by atoms with Gasteiger partial charge in [0.1, 0.15) is 5.82 Å². The highest BCUT2D eigenvalue weighted by Gasteiger charge is 2.31. The lowest BCUT2D eigenvalue weighted by Crippen LogP contribution is -2.35. The molecule has 1 aromatic rings. The van der Waals surface area contributed by atoms with Gasteiger partial charge >= 0.3 is 6.18 Å². The van der Waals surface area contributed by atoms with E-state index in [0.717, 1.165) is 18.3 Å². The number of aliphatic hydroxyl groups excluding tert-OH is 1. The van der Waals surface area contributed by atoms with E-state index in [0.29, 0.717) is 12.8 Å². The predicted octanol–water partition coefficient (Wildman–Crippen LogP) is 3.06. The molecule has 0 saturated heterocycles. The molecule has 102 valence electrons. The number of aromatic nitrogens is 1. The van der Waals surface area contributed by atoms with E-state index in [1.54, 1.807) is 0 Å². The summed E-state index contributed by atoms with van der Waals surface area (Å²) in [5.74, 6) is 0.169. The van der Waals surface area contributed by atoms with Crippen molar-refractivity contribution in [3.63, 3.8) is 0 Å². The molecule has 0 radical (unpaired) electrons. The number of anilines is 1. The zero-order valence-corrected chi connectivity index (χ0v) is 10.4. The van der Waals surface area contributed by atoms with Gasteiger partial charge in [0.05, 0.1) is 5.56 Å². The molecule has 18 heavy (non-hydrogen) atoms. The van der Waals surface area contributed by atoms with Crippen LogP contribution >= 0.6 is 0 Å². The van der Waals surface area contributed by atoms with Gasteiger partial charge in [0, 0.05) is 18.3 Å². The zero-order chi connectivity index (χ0) is 13.8. The molecule has 2 N–H and O–H groups in total. The first-order chi connectivity index (χ1) is 8.30. The molecule has 6 heteroatoms. The smallest absolute Gasteiger partial charge is 0.396 e. The zero-order valence-electron chi connectivity index (χ0n) is 10.4. The van der Waals surface area contributed by atoms with Crippen molar-refractivity contribution in [2.24, 2.45) is 0 Å². The molecule has 0 aliphatic heterocycles. The Morgan fingerprint density at radius 1 is 1.39 bits per heavy atom. The number of nitrogens with zero attached hydrogens (tertiary/aromatic N) is 1. The fraction of sp³-hybridized carbons (Fsp3) is 0.583. The predicted molar refractivity (Wildman–Crippen MR) is 63.3 cm³/mol. The fourth-order valence-electron chi connectivity index (χ4n) is 1.56. The van der Waals surface area contributed by atoms with E-state index < -0.39 is 17.3 Å². The van der Waals surface area contributed by atoms with Crippen LogP contribution in [0.5, 0.6) is 0 Å². The summed E-state index contributed by atoms with van der Waals surface area (Å²) >= 11 is 0. The molecule has 1 atom stereocenters. The van der Waals surface area contributed by atoms with Gasteiger partial charge in [-0.1, -0.05) is 6.92 Å². The molecule has 0 aromatic carbocycles. The first-order valence-electron chi connectivity index (χ1n) is 5.73. The van der Waals surface area contributed by atoms with Crippen LogP contribution in [0.25, 0.3) is 0 Å². The van der Waals surface area contributed by atoms with E-state index in [1.165, 1.54) is 0 Å². The lowest BCUT2D eigenvalue weighted by Gasteiger charge is -2.29. The minimum Gasteiger partial charge on any atom is -0.396 e. The maximum Gasteiger partial charge on any atom is 0.416 e. The lowest BCUT2D eigenvalue weighted by atomic mass is 9.95. The topological polar surface area (TPSA) is 45.1 Å². The van der Waals surface area contributed by atoms with Gasteiger partial charge in [-0.15, -0.1) is 0 Å². The molecule has 0 aliphatic carbocycles. The SMILES string of the molecule is CCC(C)(CCO)Nc1cc(C(F)(F)F)ccn1. The summed E-state index contributed by atoms with van der Waals surface area (Å²) in [6, 6.07) is 1.91. The number of pyridine rings is 1. The molecular weight excluding hydrogens is 245 g/mol. The van der Waals surface area contributed by atoms with E-state index >= 15 is 0 Å². The van der Waals surface area contributed by atoms with Crippen LogP contribution in [0, 0.1) is 0 Å². The quantitative estimate of drug-likeness (QED) is 0.857. The molecule has 0 aliphatic rings. The maximum absolute atomic E-state index is 12.5. The Kier molecular flexibility index (Phi) is 4.56. The number of aliphatic hydroxyl groups is 1. The molecule has 0 fully saturated rings. The molecule has 1 rings (SSSR count). The molecule has 1 heterocycles. The summed E-state index contributed by atoms with van der Waals surface area (Å²) in [5, 5.41) is 11.9. The van der Waals surface area contributed by atoms with Gasteiger partial charge in [0.25, 0.3) is 0 Å². The number of nitrogens with one attached hydrogen (secondary N) is 1. The summed E-state index contributed by atoms with van der Waals surface area (Å²) in [7, 11) is 0. The largest absolute Gasteiger partial charge is 0.416 e. The average Bonchev–Trinajstić information content (AvgIpc) is 2.28. The fourth-order valence-corrected chi connectivity index (χ4v) is 1.56. The number of hydrogen-bond donors (Lipinski definition) is 2. The summed E-state index contributed by atoms with van der Waals surface area (Å²) in [4.78, 5) is 3.88. The highest BCUT2D eigenvalue weighted by atomic mass is 19.4. The molecule has 0 bridgehead atoms. The van der Waals surface area contributed by atoms with Crippen molar-refractivity contribution >= 4 is 5.82 Å². The Labute approximate surface area is 104 Å². The van der Waals surface area contributed by atoms with Gasteiger partial charge in [-0.05, 0) is 31.9 Å². The highest BCUT2D eigenvalue weighted by Crippen LogP contribution is 2.31. The lowest BCUT2D eigenvalue weighted by molar-refractivity contribution is -0.137. The van der Waals surface area contributed by atoms with Crippen LogP contribution in [-0.2, 0) is 6.18 Å². The summed E-state index contributed by atoms with van der Waals surface area (Å²) in [6.07, 6.45) is -2.13. The Hall–Kier alpha value is -1.30. The third-order valence-electron chi connectivity index (χ3n) is 2.96. The average molecular weight is 262 g/mol. The Morgan fingerprint density at radius 2 is 2.06 bits per heavy atom.